The highest BCUT2D eigenvalue weighted by molar-refractivity contribution is 5.42. The van der Waals surface area contributed by atoms with Gasteiger partial charge < -0.3 is 9.64 Å². The molecule has 0 saturated heterocycles. The smallest absolute Gasteiger partial charge is 0.122 e. The first kappa shape index (κ1) is 12.0. The van der Waals surface area contributed by atoms with E-state index in [1.807, 2.05) is 0 Å². The van der Waals surface area contributed by atoms with Crippen molar-refractivity contribution in [1.82, 2.24) is 4.90 Å². The normalized spacial score (nSPS) is 22.9. The summed E-state index contributed by atoms with van der Waals surface area (Å²) in [5.74, 6) is 2.06. The zero-order chi connectivity index (χ0) is 12.5. The fourth-order valence-corrected chi connectivity index (χ4v) is 3.16. The third-order valence-electron chi connectivity index (χ3n) is 4.50. The number of methoxy groups -OCH3 is 1. The zero-order valence-electron chi connectivity index (χ0n) is 11.5. The van der Waals surface area contributed by atoms with E-state index in [1.165, 1.54) is 43.4 Å². The molecule has 2 nitrogen and oxygen atoms in total. The van der Waals surface area contributed by atoms with Crippen LogP contribution in [0.1, 0.15) is 30.4 Å². The summed E-state index contributed by atoms with van der Waals surface area (Å²) in [5, 5.41) is 0. The van der Waals surface area contributed by atoms with Crippen LogP contribution in [0.3, 0.4) is 0 Å². The average molecular weight is 245 g/mol. The van der Waals surface area contributed by atoms with Crippen LogP contribution in [0.5, 0.6) is 5.75 Å². The van der Waals surface area contributed by atoms with Crippen LogP contribution in [-0.4, -0.2) is 31.6 Å². The number of rotatable bonds is 4. The summed E-state index contributed by atoms with van der Waals surface area (Å²) in [5.41, 5.74) is 2.93. The summed E-state index contributed by atoms with van der Waals surface area (Å²) in [6.45, 7) is 1.29. The molecule has 0 heterocycles. The van der Waals surface area contributed by atoms with Crippen LogP contribution in [0.25, 0.3) is 0 Å². The molecule has 1 unspecified atom stereocenters. The fraction of sp³-hybridized carbons (Fsp3) is 0.625. The second kappa shape index (κ2) is 4.93. The van der Waals surface area contributed by atoms with Gasteiger partial charge in [-0.15, -0.1) is 0 Å². The van der Waals surface area contributed by atoms with Gasteiger partial charge in [-0.2, -0.15) is 0 Å². The predicted molar refractivity (Wildman–Crippen MR) is 74.2 cm³/mol. The Labute approximate surface area is 110 Å². The Morgan fingerprint density at radius 1 is 1.28 bits per heavy atom. The largest absolute Gasteiger partial charge is 0.496 e. The molecule has 1 atom stereocenters. The standard InChI is InChI=1S/C16H23NO/c1-17(11-12-6-7-12)14-9-8-13-4-3-5-16(18-2)15(13)10-14/h3-5,12,14H,6-11H2,1-2H3. The lowest BCUT2D eigenvalue weighted by atomic mass is 9.87. The monoisotopic (exact) mass is 245 g/mol. The Bertz CT molecular complexity index is 411. The quantitative estimate of drug-likeness (QED) is 0.808. The summed E-state index contributed by atoms with van der Waals surface area (Å²) in [7, 11) is 4.08. The molecule has 3 rings (SSSR count). The lowest BCUT2D eigenvalue weighted by Gasteiger charge is -2.33. The Kier molecular flexibility index (Phi) is 3.29. The number of hydrogen-bond acceptors (Lipinski definition) is 2. The molecule has 1 aromatic rings. The zero-order valence-corrected chi connectivity index (χ0v) is 11.5. The first-order chi connectivity index (χ1) is 8.78. The number of likely N-dealkylation sites (N-methyl/N-ethyl adjacent to an activating group) is 1. The van der Waals surface area contributed by atoms with Gasteiger partial charge in [0.2, 0.25) is 0 Å². The number of hydrogen-bond donors (Lipinski definition) is 0. The maximum absolute atomic E-state index is 5.52. The van der Waals surface area contributed by atoms with Crippen molar-refractivity contribution in [2.45, 2.75) is 38.1 Å². The van der Waals surface area contributed by atoms with E-state index >= 15 is 0 Å². The van der Waals surface area contributed by atoms with Crippen LogP contribution in [0.2, 0.25) is 0 Å². The summed E-state index contributed by atoms with van der Waals surface area (Å²) >= 11 is 0. The number of fused-ring (bicyclic) bond motifs is 1. The van der Waals surface area contributed by atoms with Crippen LogP contribution < -0.4 is 4.74 Å². The van der Waals surface area contributed by atoms with Gasteiger partial charge in [-0.3, -0.25) is 0 Å². The highest BCUT2D eigenvalue weighted by Crippen LogP contribution is 2.34. The molecule has 0 aromatic heterocycles. The van der Waals surface area contributed by atoms with Crippen molar-refractivity contribution >= 4 is 0 Å². The first-order valence-corrected chi connectivity index (χ1v) is 7.13. The van der Waals surface area contributed by atoms with E-state index in [0.29, 0.717) is 6.04 Å². The molecule has 2 heteroatoms. The van der Waals surface area contributed by atoms with Gasteiger partial charge in [-0.1, -0.05) is 12.1 Å². The van der Waals surface area contributed by atoms with Gasteiger partial charge in [0.05, 0.1) is 7.11 Å². The molecule has 18 heavy (non-hydrogen) atoms. The molecule has 2 aliphatic rings. The maximum Gasteiger partial charge on any atom is 0.122 e. The van der Waals surface area contributed by atoms with Gasteiger partial charge in [-0.05, 0) is 62.3 Å². The van der Waals surface area contributed by atoms with E-state index < -0.39 is 0 Å². The third kappa shape index (κ3) is 2.39. The molecule has 0 amide bonds. The van der Waals surface area contributed by atoms with Gasteiger partial charge in [0.15, 0.2) is 0 Å². The number of aryl methyl sites for hydroxylation is 1. The minimum atomic E-state index is 0.703. The number of nitrogens with zero attached hydrogens (tertiary/aromatic N) is 1. The molecule has 2 aliphatic carbocycles. The van der Waals surface area contributed by atoms with Crippen LogP contribution in [-0.2, 0) is 12.8 Å². The van der Waals surface area contributed by atoms with E-state index in [1.54, 1.807) is 7.11 Å². The molecular formula is C16H23NO. The second-order valence-electron chi connectivity index (χ2n) is 5.88. The van der Waals surface area contributed by atoms with Gasteiger partial charge in [0.1, 0.15) is 5.75 Å². The van der Waals surface area contributed by atoms with Crippen molar-refractivity contribution in [2.75, 3.05) is 20.7 Å². The first-order valence-electron chi connectivity index (χ1n) is 7.13. The minimum Gasteiger partial charge on any atom is -0.496 e. The molecule has 1 aromatic carbocycles. The van der Waals surface area contributed by atoms with Crippen LogP contribution >= 0.6 is 0 Å². The van der Waals surface area contributed by atoms with Crippen molar-refractivity contribution in [2.24, 2.45) is 5.92 Å². The van der Waals surface area contributed by atoms with Crippen molar-refractivity contribution in [1.29, 1.82) is 0 Å². The Morgan fingerprint density at radius 2 is 2.11 bits per heavy atom. The van der Waals surface area contributed by atoms with Gasteiger partial charge >= 0.3 is 0 Å². The van der Waals surface area contributed by atoms with Crippen LogP contribution in [0, 0.1) is 5.92 Å². The minimum absolute atomic E-state index is 0.703. The number of ether oxygens (including phenoxy) is 1. The lowest BCUT2D eigenvalue weighted by Crippen LogP contribution is -2.37. The summed E-state index contributed by atoms with van der Waals surface area (Å²) in [6, 6.07) is 7.18. The Balaban J connectivity index is 1.74. The van der Waals surface area contributed by atoms with Gasteiger partial charge in [-0.25, -0.2) is 0 Å². The predicted octanol–water partition coefficient (Wildman–Crippen LogP) is 2.89. The highest BCUT2D eigenvalue weighted by atomic mass is 16.5. The van der Waals surface area contributed by atoms with Gasteiger partial charge in [0, 0.05) is 12.6 Å². The lowest BCUT2D eigenvalue weighted by molar-refractivity contribution is 0.212. The van der Waals surface area contributed by atoms with E-state index in [9.17, 15) is 0 Å². The molecule has 1 saturated carbocycles. The summed E-state index contributed by atoms with van der Waals surface area (Å²) in [4.78, 5) is 2.58. The van der Waals surface area contributed by atoms with Crippen LogP contribution in [0.15, 0.2) is 18.2 Å². The summed E-state index contributed by atoms with van der Waals surface area (Å²) < 4.78 is 5.52. The van der Waals surface area contributed by atoms with Gasteiger partial charge in [0.25, 0.3) is 0 Å². The summed E-state index contributed by atoms with van der Waals surface area (Å²) in [6.07, 6.45) is 6.53. The Morgan fingerprint density at radius 3 is 2.83 bits per heavy atom. The average Bonchev–Trinajstić information content (AvgIpc) is 3.21. The maximum atomic E-state index is 5.52. The molecule has 0 spiro atoms. The number of benzene rings is 1. The molecule has 0 radical (unpaired) electrons. The molecule has 0 bridgehead atoms. The van der Waals surface area contributed by atoms with Crippen LogP contribution in [0.4, 0.5) is 0 Å². The SMILES string of the molecule is COc1cccc2c1CC(N(C)CC1CC1)CC2. The van der Waals surface area contributed by atoms with E-state index in [4.69, 9.17) is 4.74 Å². The fourth-order valence-electron chi connectivity index (χ4n) is 3.16. The molecule has 0 aliphatic heterocycles. The molecule has 98 valence electrons. The molecular weight excluding hydrogens is 222 g/mol. The van der Waals surface area contributed by atoms with Crippen molar-refractivity contribution in [3.05, 3.63) is 29.3 Å². The second-order valence-corrected chi connectivity index (χ2v) is 5.88. The van der Waals surface area contributed by atoms with Crippen molar-refractivity contribution in [3.8, 4) is 5.75 Å². The third-order valence-corrected chi connectivity index (χ3v) is 4.50. The van der Waals surface area contributed by atoms with Crippen molar-refractivity contribution < 1.29 is 4.74 Å². The molecule has 1 fully saturated rings. The highest BCUT2D eigenvalue weighted by Gasteiger charge is 2.29. The van der Waals surface area contributed by atoms with E-state index in [-0.39, 0.29) is 0 Å². The Hall–Kier alpha value is -1.02. The van der Waals surface area contributed by atoms with E-state index in [0.717, 1.165) is 18.1 Å². The topological polar surface area (TPSA) is 12.5 Å². The van der Waals surface area contributed by atoms with E-state index in [2.05, 4.69) is 30.1 Å². The van der Waals surface area contributed by atoms with Crippen molar-refractivity contribution in [3.63, 3.8) is 0 Å². The molecule has 0 N–H and O–H groups in total.